The third-order valence-corrected chi connectivity index (χ3v) is 4.20. The highest BCUT2D eigenvalue weighted by molar-refractivity contribution is 5.73. The van der Waals surface area contributed by atoms with Crippen molar-refractivity contribution in [3.8, 4) is 22.3 Å². The van der Waals surface area contributed by atoms with Crippen molar-refractivity contribution < 1.29 is 8.78 Å². The molecule has 0 nitrogen and oxygen atoms in total. The molecule has 3 aromatic rings. The molecule has 23 heavy (non-hydrogen) atoms. The Kier molecular flexibility index (Phi) is 3.99. The van der Waals surface area contributed by atoms with Crippen molar-refractivity contribution in [1.82, 2.24) is 0 Å². The number of hydrogen-bond acceptors (Lipinski definition) is 0. The molecule has 116 valence electrons. The highest BCUT2D eigenvalue weighted by Gasteiger charge is 2.10. The molecule has 0 N–H and O–H groups in total. The molecule has 3 aromatic carbocycles. The lowest BCUT2D eigenvalue weighted by Crippen LogP contribution is -1.92. The normalized spacial score (nSPS) is 10.8. The first-order valence-electron chi connectivity index (χ1n) is 7.59. The zero-order chi connectivity index (χ0) is 16.6. The van der Waals surface area contributed by atoms with E-state index in [1.54, 1.807) is 0 Å². The number of aryl methyl sites for hydroxylation is 2. The Morgan fingerprint density at radius 3 is 1.74 bits per heavy atom. The van der Waals surface area contributed by atoms with E-state index in [0.717, 1.165) is 22.3 Å². The molecule has 0 aromatic heterocycles. The number of halogens is 2. The summed E-state index contributed by atoms with van der Waals surface area (Å²) in [6, 6.07) is 17.1. The first kappa shape index (κ1) is 15.4. The maximum atomic E-state index is 13.8. The molecule has 0 saturated carbocycles. The lowest BCUT2D eigenvalue weighted by molar-refractivity contribution is 0.569. The largest absolute Gasteiger partial charge is 0.207 e. The van der Waals surface area contributed by atoms with Gasteiger partial charge in [-0.25, -0.2) is 8.78 Å². The summed E-state index contributed by atoms with van der Waals surface area (Å²) in [5.41, 5.74) is 5.91. The van der Waals surface area contributed by atoms with Gasteiger partial charge in [0.25, 0.3) is 0 Å². The topological polar surface area (TPSA) is 0 Å². The predicted octanol–water partition coefficient (Wildman–Crippen LogP) is 6.22. The monoisotopic (exact) mass is 308 g/mol. The van der Waals surface area contributed by atoms with Crippen LogP contribution in [0, 0.1) is 32.4 Å². The molecule has 0 aliphatic carbocycles. The van der Waals surface area contributed by atoms with Gasteiger partial charge in [0, 0.05) is 5.56 Å². The molecule has 0 radical (unpaired) electrons. The van der Waals surface area contributed by atoms with Crippen LogP contribution < -0.4 is 0 Å². The van der Waals surface area contributed by atoms with Crippen molar-refractivity contribution in [1.29, 1.82) is 0 Å². The molecule has 0 bridgehead atoms. The molecular weight excluding hydrogens is 290 g/mol. The van der Waals surface area contributed by atoms with E-state index in [1.807, 2.05) is 19.1 Å². The van der Waals surface area contributed by atoms with Crippen molar-refractivity contribution >= 4 is 0 Å². The summed E-state index contributed by atoms with van der Waals surface area (Å²) in [7, 11) is 0. The van der Waals surface area contributed by atoms with Gasteiger partial charge < -0.3 is 0 Å². The Bertz CT molecular complexity index is 839. The molecule has 0 fully saturated rings. The number of rotatable bonds is 2. The van der Waals surface area contributed by atoms with Crippen LogP contribution in [-0.2, 0) is 0 Å². The summed E-state index contributed by atoms with van der Waals surface area (Å²) in [6.07, 6.45) is 0. The van der Waals surface area contributed by atoms with Gasteiger partial charge in [-0.3, -0.25) is 0 Å². The molecule has 0 heterocycles. The van der Waals surface area contributed by atoms with E-state index >= 15 is 0 Å². The fraction of sp³-hybridized carbons (Fsp3) is 0.143. The minimum Gasteiger partial charge on any atom is -0.207 e. The van der Waals surface area contributed by atoms with Crippen molar-refractivity contribution in [2.75, 3.05) is 0 Å². The van der Waals surface area contributed by atoms with Crippen LogP contribution in [0.25, 0.3) is 22.3 Å². The van der Waals surface area contributed by atoms with Crippen LogP contribution in [-0.4, -0.2) is 0 Å². The quantitative estimate of drug-likeness (QED) is 0.527. The molecule has 2 heteroatoms. The lowest BCUT2D eigenvalue weighted by Gasteiger charge is -2.11. The van der Waals surface area contributed by atoms with E-state index < -0.39 is 11.6 Å². The molecular formula is C21H18F2. The molecule has 0 amide bonds. The number of hydrogen-bond donors (Lipinski definition) is 0. The average molecular weight is 308 g/mol. The number of benzene rings is 3. The van der Waals surface area contributed by atoms with Gasteiger partial charge >= 0.3 is 0 Å². The Balaban J connectivity index is 2.04. The molecule has 0 saturated heterocycles. The third kappa shape index (κ3) is 3.02. The van der Waals surface area contributed by atoms with E-state index in [1.165, 1.54) is 24.6 Å². The molecule has 0 aliphatic heterocycles. The maximum Gasteiger partial charge on any atom is 0.129 e. The van der Waals surface area contributed by atoms with Crippen molar-refractivity contribution in [2.45, 2.75) is 20.8 Å². The predicted molar refractivity (Wildman–Crippen MR) is 91.4 cm³/mol. The molecule has 0 spiro atoms. The fourth-order valence-electron chi connectivity index (χ4n) is 2.71. The van der Waals surface area contributed by atoms with Gasteiger partial charge in [-0.05, 0) is 60.7 Å². The third-order valence-electron chi connectivity index (χ3n) is 4.20. The van der Waals surface area contributed by atoms with Gasteiger partial charge in [0.05, 0.1) is 0 Å². The Hall–Kier alpha value is -2.48. The zero-order valence-corrected chi connectivity index (χ0v) is 13.5. The fourth-order valence-corrected chi connectivity index (χ4v) is 2.71. The molecule has 0 atom stereocenters. The van der Waals surface area contributed by atoms with Gasteiger partial charge in [-0.1, -0.05) is 48.0 Å². The van der Waals surface area contributed by atoms with Gasteiger partial charge in [-0.2, -0.15) is 0 Å². The Morgan fingerprint density at radius 1 is 0.609 bits per heavy atom. The zero-order valence-electron chi connectivity index (χ0n) is 13.5. The highest BCUT2D eigenvalue weighted by atomic mass is 19.1. The van der Waals surface area contributed by atoms with Crippen LogP contribution >= 0.6 is 0 Å². The first-order chi connectivity index (χ1) is 11.0. The van der Waals surface area contributed by atoms with E-state index in [2.05, 4.69) is 37.3 Å². The van der Waals surface area contributed by atoms with Crippen LogP contribution in [0.5, 0.6) is 0 Å². The second-order valence-electron chi connectivity index (χ2n) is 5.96. The summed E-state index contributed by atoms with van der Waals surface area (Å²) in [6.45, 7) is 5.46. The van der Waals surface area contributed by atoms with E-state index in [0.29, 0.717) is 5.56 Å². The van der Waals surface area contributed by atoms with Crippen LogP contribution in [0.1, 0.15) is 16.7 Å². The van der Waals surface area contributed by atoms with Crippen LogP contribution in [0.2, 0.25) is 0 Å². The van der Waals surface area contributed by atoms with E-state index in [4.69, 9.17) is 0 Å². The lowest BCUT2D eigenvalue weighted by atomic mass is 9.95. The van der Waals surface area contributed by atoms with E-state index in [-0.39, 0.29) is 5.56 Å². The van der Waals surface area contributed by atoms with Crippen LogP contribution in [0.4, 0.5) is 8.78 Å². The Labute approximate surface area is 135 Å². The minimum absolute atomic E-state index is 0.0580. The summed E-state index contributed by atoms with van der Waals surface area (Å²) in [4.78, 5) is 0. The Morgan fingerprint density at radius 2 is 1.17 bits per heavy atom. The van der Waals surface area contributed by atoms with Gasteiger partial charge in [0.1, 0.15) is 11.6 Å². The molecule has 0 unspecified atom stereocenters. The van der Waals surface area contributed by atoms with Gasteiger partial charge in [-0.15, -0.1) is 0 Å². The maximum absolute atomic E-state index is 13.8. The smallest absolute Gasteiger partial charge is 0.129 e. The van der Waals surface area contributed by atoms with Crippen LogP contribution in [0.15, 0.2) is 54.6 Å². The second-order valence-corrected chi connectivity index (χ2v) is 5.96. The summed E-state index contributed by atoms with van der Waals surface area (Å²) in [5.74, 6) is -1.02. The minimum atomic E-state index is -0.512. The molecule has 3 rings (SSSR count). The summed E-state index contributed by atoms with van der Waals surface area (Å²) < 4.78 is 27.6. The van der Waals surface area contributed by atoms with Crippen LogP contribution in [0.3, 0.4) is 0 Å². The van der Waals surface area contributed by atoms with Crippen molar-refractivity contribution in [3.63, 3.8) is 0 Å². The summed E-state index contributed by atoms with van der Waals surface area (Å²) >= 11 is 0. The second kappa shape index (κ2) is 5.96. The standard InChI is InChI=1S/C21H18F2/c1-13-4-6-16(7-5-13)17-8-9-19(14(2)10-17)18-11-20(22)15(3)21(23)12-18/h4-12H,1-3H3. The first-order valence-corrected chi connectivity index (χ1v) is 7.59. The van der Waals surface area contributed by atoms with Crippen molar-refractivity contribution in [3.05, 3.63) is 82.9 Å². The van der Waals surface area contributed by atoms with Crippen molar-refractivity contribution in [2.24, 2.45) is 0 Å². The van der Waals surface area contributed by atoms with Gasteiger partial charge in [0.15, 0.2) is 0 Å². The molecule has 0 aliphatic rings. The summed E-state index contributed by atoms with van der Waals surface area (Å²) in [5, 5.41) is 0. The SMILES string of the molecule is Cc1ccc(-c2ccc(-c3cc(F)c(C)c(F)c3)c(C)c2)cc1. The highest BCUT2D eigenvalue weighted by Crippen LogP contribution is 2.30. The van der Waals surface area contributed by atoms with Gasteiger partial charge in [0.2, 0.25) is 0 Å². The van der Waals surface area contributed by atoms with E-state index in [9.17, 15) is 8.78 Å². The average Bonchev–Trinajstić information content (AvgIpc) is 2.53.